The molecule has 0 radical (unpaired) electrons. The Labute approximate surface area is 149 Å². The zero-order valence-corrected chi connectivity index (χ0v) is 15.2. The Morgan fingerprint density at radius 2 is 1.80 bits per heavy atom. The van der Waals surface area contributed by atoms with Crippen LogP contribution in [-0.2, 0) is 11.3 Å². The molecule has 25 heavy (non-hydrogen) atoms. The molecule has 3 rings (SSSR count). The summed E-state index contributed by atoms with van der Waals surface area (Å²) in [7, 11) is 1.85. The summed E-state index contributed by atoms with van der Waals surface area (Å²) in [4.78, 5) is 28.5. The lowest BCUT2D eigenvalue weighted by molar-refractivity contribution is -0.135. The van der Waals surface area contributed by atoms with Crippen LogP contribution in [0.4, 0.5) is 0 Å². The number of hydrogen-bond acceptors (Lipinski definition) is 4. The van der Waals surface area contributed by atoms with Crippen molar-refractivity contribution < 1.29 is 9.59 Å². The second-order valence-corrected chi connectivity index (χ2v) is 7.31. The van der Waals surface area contributed by atoms with Crippen molar-refractivity contribution in [3.05, 3.63) is 11.9 Å². The van der Waals surface area contributed by atoms with Crippen LogP contribution in [0.15, 0.2) is 6.20 Å². The van der Waals surface area contributed by atoms with Crippen LogP contribution < -0.4 is 0 Å². The highest BCUT2D eigenvalue weighted by atomic mass is 16.2. The van der Waals surface area contributed by atoms with Crippen LogP contribution in [0.2, 0.25) is 0 Å². The smallest absolute Gasteiger partial charge is 0.276 e. The highest BCUT2D eigenvalue weighted by Gasteiger charge is 2.24. The molecule has 138 valence electrons. The fourth-order valence-corrected chi connectivity index (χ4v) is 3.79. The van der Waals surface area contributed by atoms with Crippen molar-refractivity contribution in [2.75, 3.05) is 26.7 Å². The molecule has 0 spiro atoms. The minimum atomic E-state index is -0.0300. The zero-order valence-electron chi connectivity index (χ0n) is 15.2. The van der Waals surface area contributed by atoms with Crippen LogP contribution in [0.25, 0.3) is 0 Å². The maximum absolute atomic E-state index is 12.5. The van der Waals surface area contributed by atoms with Gasteiger partial charge in [0, 0.05) is 32.6 Å². The molecule has 1 aliphatic heterocycles. The lowest BCUT2D eigenvalue weighted by atomic mass is 9.88. The summed E-state index contributed by atoms with van der Waals surface area (Å²) in [6, 6.07) is 0. The van der Waals surface area contributed by atoms with E-state index in [1.807, 2.05) is 11.9 Å². The number of carbonyl (C=O) groups is 2. The van der Waals surface area contributed by atoms with E-state index in [1.165, 1.54) is 12.8 Å². The Morgan fingerprint density at radius 1 is 1.12 bits per heavy atom. The maximum Gasteiger partial charge on any atom is 0.276 e. The Bertz CT molecular complexity index is 588. The summed E-state index contributed by atoms with van der Waals surface area (Å²) < 4.78 is 1.67. The molecule has 0 atom stereocenters. The standard InChI is InChI=1S/C18H29N5O2/c1-21(17(24)15-8-4-2-5-9-15)12-13-23-14-16(19-20-23)18(25)22-10-6-3-7-11-22/h14-15H,2-13H2,1H3. The highest BCUT2D eigenvalue weighted by molar-refractivity contribution is 5.91. The van der Waals surface area contributed by atoms with Gasteiger partial charge in [-0.2, -0.15) is 0 Å². The van der Waals surface area contributed by atoms with Crippen molar-refractivity contribution in [3.63, 3.8) is 0 Å². The second kappa shape index (κ2) is 8.45. The molecule has 2 heterocycles. The van der Waals surface area contributed by atoms with Gasteiger partial charge in [-0.25, -0.2) is 4.68 Å². The molecule has 1 saturated heterocycles. The summed E-state index contributed by atoms with van der Waals surface area (Å²) in [6.07, 6.45) is 10.6. The van der Waals surface area contributed by atoms with Crippen LogP contribution in [0.1, 0.15) is 61.9 Å². The SMILES string of the molecule is CN(CCn1cc(C(=O)N2CCCCC2)nn1)C(=O)C1CCCCC1. The predicted octanol–water partition coefficient (Wildman–Crippen LogP) is 1.94. The van der Waals surface area contributed by atoms with Gasteiger partial charge in [0.1, 0.15) is 0 Å². The van der Waals surface area contributed by atoms with Gasteiger partial charge in [-0.05, 0) is 32.1 Å². The molecular formula is C18H29N5O2. The van der Waals surface area contributed by atoms with Crippen molar-refractivity contribution in [3.8, 4) is 0 Å². The minimum absolute atomic E-state index is 0.0300. The van der Waals surface area contributed by atoms with E-state index in [0.717, 1.165) is 51.6 Å². The minimum Gasteiger partial charge on any atom is -0.344 e. The van der Waals surface area contributed by atoms with Crippen LogP contribution >= 0.6 is 0 Å². The third kappa shape index (κ3) is 4.58. The van der Waals surface area contributed by atoms with Crippen molar-refractivity contribution >= 4 is 11.8 Å². The number of rotatable bonds is 5. The summed E-state index contributed by atoms with van der Waals surface area (Å²) in [5.74, 6) is 0.396. The second-order valence-electron chi connectivity index (χ2n) is 7.31. The Balaban J connectivity index is 1.49. The molecule has 0 bridgehead atoms. The molecule has 1 aromatic heterocycles. The first kappa shape index (κ1) is 17.9. The number of likely N-dealkylation sites (tertiary alicyclic amines) is 1. The lowest BCUT2D eigenvalue weighted by Gasteiger charge is -2.26. The van der Waals surface area contributed by atoms with Gasteiger partial charge in [0.2, 0.25) is 5.91 Å². The van der Waals surface area contributed by atoms with Crippen LogP contribution in [-0.4, -0.2) is 63.3 Å². The van der Waals surface area contributed by atoms with E-state index in [2.05, 4.69) is 10.3 Å². The van der Waals surface area contributed by atoms with Crippen LogP contribution in [0.5, 0.6) is 0 Å². The average Bonchev–Trinajstić information content (AvgIpc) is 3.15. The number of hydrogen-bond donors (Lipinski definition) is 0. The van der Waals surface area contributed by atoms with Gasteiger partial charge in [0.05, 0.1) is 12.7 Å². The number of carbonyl (C=O) groups excluding carboxylic acids is 2. The van der Waals surface area contributed by atoms with Crippen LogP contribution in [0, 0.1) is 5.92 Å². The monoisotopic (exact) mass is 347 g/mol. The van der Waals surface area contributed by atoms with Crippen molar-refractivity contribution in [2.45, 2.75) is 57.9 Å². The maximum atomic E-state index is 12.5. The summed E-state index contributed by atoms with van der Waals surface area (Å²) in [5.41, 5.74) is 0.406. The summed E-state index contributed by atoms with van der Waals surface area (Å²) in [6.45, 7) is 2.78. The third-order valence-corrected chi connectivity index (χ3v) is 5.40. The lowest BCUT2D eigenvalue weighted by Crippen LogP contribution is -2.36. The van der Waals surface area contributed by atoms with Gasteiger partial charge < -0.3 is 9.80 Å². The topological polar surface area (TPSA) is 71.3 Å². The van der Waals surface area contributed by atoms with E-state index in [-0.39, 0.29) is 17.7 Å². The molecule has 7 heteroatoms. The number of aromatic nitrogens is 3. The van der Waals surface area contributed by atoms with Crippen LogP contribution in [0.3, 0.4) is 0 Å². The first-order valence-electron chi connectivity index (χ1n) is 9.59. The highest BCUT2D eigenvalue weighted by Crippen LogP contribution is 2.25. The Hall–Kier alpha value is -1.92. The molecule has 1 aromatic rings. The van der Waals surface area contributed by atoms with Crippen molar-refractivity contribution in [1.82, 2.24) is 24.8 Å². The van der Waals surface area contributed by atoms with Gasteiger partial charge in [0.15, 0.2) is 5.69 Å². The first-order chi connectivity index (χ1) is 12.1. The molecule has 0 unspecified atom stereocenters. The first-order valence-corrected chi connectivity index (χ1v) is 9.59. The molecule has 7 nitrogen and oxygen atoms in total. The number of amides is 2. The zero-order chi connectivity index (χ0) is 17.6. The Morgan fingerprint density at radius 3 is 2.52 bits per heavy atom. The predicted molar refractivity (Wildman–Crippen MR) is 94.0 cm³/mol. The molecule has 0 aromatic carbocycles. The van der Waals surface area contributed by atoms with E-state index >= 15 is 0 Å². The molecular weight excluding hydrogens is 318 g/mol. The fraction of sp³-hybridized carbons (Fsp3) is 0.778. The van der Waals surface area contributed by atoms with Crippen molar-refractivity contribution in [1.29, 1.82) is 0 Å². The van der Waals surface area contributed by atoms with E-state index in [1.54, 1.807) is 15.8 Å². The molecule has 0 N–H and O–H groups in total. The van der Waals surface area contributed by atoms with Crippen molar-refractivity contribution in [2.24, 2.45) is 5.92 Å². The molecule has 2 aliphatic rings. The van der Waals surface area contributed by atoms with Gasteiger partial charge in [-0.1, -0.05) is 24.5 Å². The van der Waals surface area contributed by atoms with Gasteiger partial charge in [0.25, 0.3) is 5.91 Å². The van der Waals surface area contributed by atoms with E-state index in [0.29, 0.717) is 18.8 Å². The largest absolute Gasteiger partial charge is 0.344 e. The average molecular weight is 347 g/mol. The van der Waals surface area contributed by atoms with E-state index in [4.69, 9.17) is 0 Å². The summed E-state index contributed by atoms with van der Waals surface area (Å²) in [5, 5.41) is 8.08. The third-order valence-electron chi connectivity index (χ3n) is 5.40. The molecule has 1 aliphatic carbocycles. The quantitative estimate of drug-likeness (QED) is 0.816. The summed E-state index contributed by atoms with van der Waals surface area (Å²) >= 11 is 0. The molecule has 1 saturated carbocycles. The number of piperidine rings is 1. The van der Waals surface area contributed by atoms with E-state index in [9.17, 15) is 9.59 Å². The van der Waals surface area contributed by atoms with Gasteiger partial charge in [-0.3, -0.25) is 9.59 Å². The van der Waals surface area contributed by atoms with E-state index < -0.39 is 0 Å². The van der Waals surface area contributed by atoms with Gasteiger partial charge in [-0.15, -0.1) is 5.10 Å². The molecule has 2 amide bonds. The molecule has 2 fully saturated rings. The van der Waals surface area contributed by atoms with Gasteiger partial charge >= 0.3 is 0 Å². The fourth-order valence-electron chi connectivity index (χ4n) is 3.79. The Kier molecular flexibility index (Phi) is 6.04. The number of likely N-dealkylation sites (N-methyl/N-ethyl adjacent to an activating group) is 1. The normalized spacial score (nSPS) is 19.0. The number of nitrogens with zero attached hydrogens (tertiary/aromatic N) is 5.